The van der Waals surface area contributed by atoms with Gasteiger partial charge < -0.3 is 10.5 Å². The van der Waals surface area contributed by atoms with Crippen LogP contribution in [0.5, 0.6) is 0 Å². The fourth-order valence-corrected chi connectivity index (χ4v) is 1.83. The second kappa shape index (κ2) is 7.79. The number of alkyl halides is 1. The van der Waals surface area contributed by atoms with E-state index in [1.54, 1.807) is 6.92 Å². The van der Waals surface area contributed by atoms with Crippen LogP contribution in [0.4, 0.5) is 4.39 Å². The van der Waals surface area contributed by atoms with Crippen LogP contribution in [0.15, 0.2) is 18.2 Å². The van der Waals surface area contributed by atoms with Crippen LogP contribution in [-0.2, 0) is 9.53 Å². The number of esters is 1. The molecule has 1 aromatic rings. The van der Waals surface area contributed by atoms with Crippen LogP contribution in [0, 0.1) is 0 Å². The highest BCUT2D eigenvalue weighted by Crippen LogP contribution is 2.28. The molecule has 1 rings (SSSR count). The molecule has 0 aliphatic carbocycles. The lowest BCUT2D eigenvalue weighted by Gasteiger charge is -2.17. The van der Waals surface area contributed by atoms with Crippen molar-refractivity contribution in [1.29, 1.82) is 0 Å². The maximum Gasteiger partial charge on any atom is 0.342 e. The minimum Gasteiger partial charge on any atom is -0.464 e. The molecule has 0 heterocycles. The second-order valence-corrected chi connectivity index (χ2v) is 4.19. The molecule has 0 spiro atoms. The number of rotatable bonds is 4. The zero-order chi connectivity index (χ0) is 13.0. The molecule has 0 amide bonds. The maximum atomic E-state index is 13.7. The van der Waals surface area contributed by atoms with Crippen LogP contribution in [0.2, 0.25) is 10.0 Å². The Balaban J connectivity index is 0.00000289. The van der Waals surface area contributed by atoms with Gasteiger partial charge in [0.1, 0.15) is 0 Å². The Morgan fingerprint density at radius 1 is 1.50 bits per heavy atom. The van der Waals surface area contributed by atoms with Crippen LogP contribution >= 0.6 is 35.6 Å². The van der Waals surface area contributed by atoms with Crippen LogP contribution in [0.1, 0.15) is 18.5 Å². The Morgan fingerprint density at radius 2 is 2.11 bits per heavy atom. The number of carbonyl (C=O) groups excluding carboxylic acids is 1. The van der Waals surface area contributed by atoms with E-state index < -0.39 is 18.2 Å². The van der Waals surface area contributed by atoms with E-state index in [-0.39, 0.29) is 24.0 Å². The molecule has 2 atom stereocenters. The van der Waals surface area contributed by atoms with Crippen LogP contribution in [0.3, 0.4) is 0 Å². The molecule has 7 heteroatoms. The lowest BCUT2D eigenvalue weighted by Crippen LogP contribution is -2.31. The van der Waals surface area contributed by atoms with Gasteiger partial charge in [0.2, 0.25) is 6.17 Å². The number of benzene rings is 1. The average molecular weight is 317 g/mol. The van der Waals surface area contributed by atoms with Crippen molar-refractivity contribution in [1.82, 2.24) is 0 Å². The fourth-order valence-electron chi connectivity index (χ4n) is 1.30. The Morgan fingerprint density at radius 3 is 2.61 bits per heavy atom. The second-order valence-electron chi connectivity index (χ2n) is 3.35. The number of ether oxygens (including phenoxy) is 1. The SMILES string of the molecule is CCOC(=O)C(F)[C@H](N)c1ccc(Cl)cc1Cl.Cl. The van der Waals surface area contributed by atoms with Gasteiger partial charge in [0.15, 0.2) is 0 Å². The first-order chi connectivity index (χ1) is 7.97. The third kappa shape index (κ3) is 4.28. The van der Waals surface area contributed by atoms with Gasteiger partial charge in [-0.2, -0.15) is 0 Å². The fraction of sp³-hybridized carbons (Fsp3) is 0.364. The van der Waals surface area contributed by atoms with E-state index in [9.17, 15) is 9.18 Å². The van der Waals surface area contributed by atoms with E-state index in [0.29, 0.717) is 10.6 Å². The Bertz CT molecular complexity index is 417. The smallest absolute Gasteiger partial charge is 0.342 e. The van der Waals surface area contributed by atoms with Crippen molar-refractivity contribution in [2.75, 3.05) is 6.61 Å². The predicted molar refractivity (Wildman–Crippen MR) is 72.2 cm³/mol. The first-order valence-corrected chi connectivity index (χ1v) is 5.74. The summed E-state index contributed by atoms with van der Waals surface area (Å²) in [4.78, 5) is 11.2. The quantitative estimate of drug-likeness (QED) is 0.867. The van der Waals surface area contributed by atoms with Gasteiger partial charge in [0.25, 0.3) is 0 Å². The van der Waals surface area contributed by atoms with Gasteiger partial charge in [-0.05, 0) is 24.6 Å². The molecule has 0 radical (unpaired) electrons. The Labute approximate surface area is 121 Å². The molecule has 102 valence electrons. The summed E-state index contributed by atoms with van der Waals surface area (Å²) in [6.07, 6.45) is -1.95. The molecule has 1 unspecified atom stereocenters. The lowest BCUT2D eigenvalue weighted by molar-refractivity contribution is -0.149. The summed E-state index contributed by atoms with van der Waals surface area (Å²) in [6.45, 7) is 1.69. The third-order valence-electron chi connectivity index (χ3n) is 2.15. The summed E-state index contributed by atoms with van der Waals surface area (Å²) in [5.41, 5.74) is 5.93. The van der Waals surface area contributed by atoms with E-state index in [0.717, 1.165) is 0 Å². The summed E-state index contributed by atoms with van der Waals surface area (Å²) < 4.78 is 18.2. The molecule has 0 aliphatic rings. The molecule has 0 saturated heterocycles. The van der Waals surface area contributed by atoms with E-state index in [1.807, 2.05) is 0 Å². The first kappa shape index (κ1) is 17.4. The molecule has 3 nitrogen and oxygen atoms in total. The molecule has 1 aromatic carbocycles. The molecular formula is C11H13Cl3FNO2. The normalized spacial score (nSPS) is 13.4. The minimum absolute atomic E-state index is 0. The van der Waals surface area contributed by atoms with Crippen molar-refractivity contribution < 1.29 is 13.9 Å². The Kier molecular flexibility index (Phi) is 7.55. The van der Waals surface area contributed by atoms with Gasteiger partial charge in [0.05, 0.1) is 12.6 Å². The first-order valence-electron chi connectivity index (χ1n) is 4.98. The topological polar surface area (TPSA) is 52.3 Å². The highest BCUT2D eigenvalue weighted by atomic mass is 35.5. The summed E-state index contributed by atoms with van der Waals surface area (Å²) in [5, 5.41) is 0.634. The van der Waals surface area contributed by atoms with Crippen molar-refractivity contribution in [2.24, 2.45) is 5.73 Å². The molecular weight excluding hydrogens is 303 g/mol. The van der Waals surface area contributed by atoms with Gasteiger partial charge in [-0.25, -0.2) is 9.18 Å². The molecule has 2 N–H and O–H groups in total. The van der Waals surface area contributed by atoms with Gasteiger partial charge in [-0.1, -0.05) is 29.3 Å². The maximum absolute atomic E-state index is 13.7. The third-order valence-corrected chi connectivity index (χ3v) is 2.71. The zero-order valence-corrected chi connectivity index (χ0v) is 11.9. The van der Waals surface area contributed by atoms with Crippen molar-refractivity contribution >= 4 is 41.6 Å². The molecule has 0 aliphatic heterocycles. The number of hydrogen-bond donors (Lipinski definition) is 1. The molecule has 18 heavy (non-hydrogen) atoms. The van der Waals surface area contributed by atoms with Crippen LogP contribution in [-0.4, -0.2) is 18.7 Å². The van der Waals surface area contributed by atoms with Crippen LogP contribution < -0.4 is 5.73 Å². The predicted octanol–water partition coefficient (Wildman–Crippen LogP) is 3.32. The summed E-state index contributed by atoms with van der Waals surface area (Å²) in [5.74, 6) is -0.994. The molecule has 0 bridgehead atoms. The van der Waals surface area contributed by atoms with Crippen molar-refractivity contribution in [3.63, 3.8) is 0 Å². The number of carbonyl (C=O) groups is 1. The monoisotopic (exact) mass is 315 g/mol. The van der Waals surface area contributed by atoms with Gasteiger partial charge in [0, 0.05) is 10.0 Å². The highest BCUT2D eigenvalue weighted by molar-refractivity contribution is 6.35. The van der Waals surface area contributed by atoms with Crippen molar-refractivity contribution in [2.45, 2.75) is 19.1 Å². The van der Waals surface area contributed by atoms with E-state index in [1.165, 1.54) is 18.2 Å². The van der Waals surface area contributed by atoms with Gasteiger partial charge in [-0.3, -0.25) is 0 Å². The Hall–Kier alpha value is -0.550. The molecule has 0 saturated carbocycles. The average Bonchev–Trinajstić information content (AvgIpc) is 2.27. The summed E-state index contributed by atoms with van der Waals surface area (Å²) >= 11 is 11.6. The minimum atomic E-state index is -1.95. The molecule has 0 aromatic heterocycles. The standard InChI is InChI=1S/C11H12Cl2FNO2.ClH/c1-2-17-11(16)9(14)10(15)7-4-3-6(12)5-8(7)13;/h3-5,9-10H,2,15H2,1H3;1H/t9?,10-;/m1./s1. The van der Waals surface area contributed by atoms with E-state index in [4.69, 9.17) is 28.9 Å². The van der Waals surface area contributed by atoms with E-state index in [2.05, 4.69) is 4.74 Å². The number of halogens is 4. The number of hydrogen-bond acceptors (Lipinski definition) is 3. The van der Waals surface area contributed by atoms with E-state index >= 15 is 0 Å². The highest BCUT2D eigenvalue weighted by Gasteiger charge is 2.29. The summed E-state index contributed by atoms with van der Waals surface area (Å²) in [7, 11) is 0. The molecule has 0 fully saturated rings. The van der Waals surface area contributed by atoms with Gasteiger partial charge >= 0.3 is 5.97 Å². The van der Waals surface area contributed by atoms with Crippen molar-refractivity contribution in [3.05, 3.63) is 33.8 Å². The van der Waals surface area contributed by atoms with Crippen molar-refractivity contribution in [3.8, 4) is 0 Å². The lowest BCUT2D eigenvalue weighted by atomic mass is 10.0. The largest absolute Gasteiger partial charge is 0.464 e. The van der Waals surface area contributed by atoms with Crippen LogP contribution in [0.25, 0.3) is 0 Å². The summed E-state index contributed by atoms with van der Waals surface area (Å²) in [6, 6.07) is 3.29. The van der Waals surface area contributed by atoms with Gasteiger partial charge in [-0.15, -0.1) is 12.4 Å². The number of nitrogens with two attached hydrogens (primary N) is 1. The zero-order valence-electron chi connectivity index (χ0n) is 9.53.